The van der Waals surface area contributed by atoms with E-state index in [0.717, 1.165) is 11.3 Å². The van der Waals surface area contributed by atoms with Crippen LogP contribution in [0.4, 0.5) is 0 Å². The standard InChI is InChI=1S/C16H12N4O4S/c1-21-11-6-4-10(5-7-11)14-17-13(24-20-14)9-25-16-19-18-15(23-16)12-3-2-8-22-12/h2-8H,9H2,1H3. The SMILES string of the molecule is COc1ccc(-c2noc(CSc3nnc(-c4ccco4)o3)n2)cc1. The molecule has 0 saturated heterocycles. The summed E-state index contributed by atoms with van der Waals surface area (Å²) in [6.45, 7) is 0. The lowest BCUT2D eigenvalue weighted by atomic mass is 10.2. The Labute approximate surface area is 146 Å². The van der Waals surface area contributed by atoms with Gasteiger partial charge in [0.1, 0.15) is 5.75 Å². The van der Waals surface area contributed by atoms with Crippen molar-refractivity contribution in [2.45, 2.75) is 11.0 Å². The zero-order valence-electron chi connectivity index (χ0n) is 13.1. The monoisotopic (exact) mass is 356 g/mol. The van der Waals surface area contributed by atoms with Gasteiger partial charge in [0, 0.05) is 5.56 Å². The molecule has 126 valence electrons. The van der Waals surface area contributed by atoms with Crippen LogP contribution in [0.15, 0.2) is 61.2 Å². The molecular weight excluding hydrogens is 344 g/mol. The molecule has 4 rings (SSSR count). The molecule has 3 aromatic heterocycles. The normalized spacial score (nSPS) is 10.9. The van der Waals surface area contributed by atoms with Gasteiger partial charge in [0.05, 0.1) is 19.1 Å². The van der Waals surface area contributed by atoms with Crippen LogP contribution in [-0.4, -0.2) is 27.4 Å². The second kappa shape index (κ2) is 6.81. The number of aromatic nitrogens is 4. The highest BCUT2D eigenvalue weighted by atomic mass is 32.2. The largest absolute Gasteiger partial charge is 0.497 e. The molecule has 9 heteroatoms. The van der Waals surface area contributed by atoms with E-state index in [1.165, 1.54) is 11.8 Å². The second-order valence-corrected chi connectivity index (χ2v) is 5.81. The van der Waals surface area contributed by atoms with Gasteiger partial charge in [-0.3, -0.25) is 0 Å². The fraction of sp³-hybridized carbons (Fsp3) is 0.125. The third-order valence-electron chi connectivity index (χ3n) is 3.27. The smallest absolute Gasteiger partial charge is 0.284 e. The first-order chi connectivity index (χ1) is 12.3. The number of thioether (sulfide) groups is 1. The number of nitrogens with zero attached hydrogens (tertiary/aromatic N) is 4. The zero-order valence-corrected chi connectivity index (χ0v) is 13.9. The van der Waals surface area contributed by atoms with Crippen LogP contribution in [0.25, 0.3) is 23.0 Å². The number of ether oxygens (including phenoxy) is 1. The lowest BCUT2D eigenvalue weighted by Gasteiger charge is -1.98. The molecular formula is C16H12N4O4S. The van der Waals surface area contributed by atoms with Crippen LogP contribution in [-0.2, 0) is 5.75 Å². The Morgan fingerprint density at radius 3 is 2.76 bits per heavy atom. The molecule has 0 saturated carbocycles. The average Bonchev–Trinajstić information content (AvgIpc) is 3.41. The van der Waals surface area contributed by atoms with Crippen molar-refractivity contribution in [3.8, 4) is 28.8 Å². The Morgan fingerprint density at radius 1 is 1.12 bits per heavy atom. The van der Waals surface area contributed by atoms with E-state index >= 15 is 0 Å². The van der Waals surface area contributed by atoms with Gasteiger partial charge in [-0.2, -0.15) is 4.98 Å². The number of furan rings is 1. The van der Waals surface area contributed by atoms with Crippen LogP contribution >= 0.6 is 11.8 Å². The van der Waals surface area contributed by atoms with Crippen LogP contribution in [0.3, 0.4) is 0 Å². The summed E-state index contributed by atoms with van der Waals surface area (Å²) in [6, 6.07) is 10.9. The molecule has 0 bridgehead atoms. The summed E-state index contributed by atoms with van der Waals surface area (Å²) < 4.78 is 21.1. The van der Waals surface area contributed by atoms with Gasteiger partial charge in [-0.15, -0.1) is 10.2 Å². The van der Waals surface area contributed by atoms with Gasteiger partial charge in [-0.25, -0.2) is 0 Å². The minimum absolute atomic E-state index is 0.331. The summed E-state index contributed by atoms with van der Waals surface area (Å²) >= 11 is 1.31. The van der Waals surface area contributed by atoms with Crippen LogP contribution in [0.1, 0.15) is 5.89 Å². The third kappa shape index (κ3) is 3.41. The zero-order chi connectivity index (χ0) is 17.1. The van der Waals surface area contributed by atoms with Crippen molar-refractivity contribution in [3.63, 3.8) is 0 Å². The number of benzene rings is 1. The van der Waals surface area contributed by atoms with Crippen LogP contribution in [0.2, 0.25) is 0 Å². The number of hydrogen-bond donors (Lipinski definition) is 0. The number of methoxy groups -OCH3 is 1. The molecule has 3 heterocycles. The van der Waals surface area contributed by atoms with Crippen molar-refractivity contribution in [1.82, 2.24) is 20.3 Å². The first-order valence-corrected chi connectivity index (χ1v) is 8.27. The third-order valence-corrected chi connectivity index (χ3v) is 4.08. The van der Waals surface area contributed by atoms with E-state index in [2.05, 4.69) is 20.3 Å². The summed E-state index contributed by atoms with van der Waals surface area (Å²) in [5, 5.41) is 12.3. The van der Waals surface area contributed by atoms with E-state index in [1.54, 1.807) is 25.5 Å². The van der Waals surface area contributed by atoms with Gasteiger partial charge in [0.25, 0.3) is 11.1 Å². The molecule has 8 nitrogen and oxygen atoms in total. The van der Waals surface area contributed by atoms with Gasteiger partial charge < -0.3 is 18.1 Å². The van der Waals surface area contributed by atoms with E-state index < -0.39 is 0 Å². The molecule has 0 atom stereocenters. The number of rotatable bonds is 6. The highest BCUT2D eigenvalue weighted by Crippen LogP contribution is 2.26. The van der Waals surface area contributed by atoms with E-state index in [0.29, 0.717) is 34.3 Å². The quantitative estimate of drug-likeness (QED) is 0.479. The minimum Gasteiger partial charge on any atom is -0.497 e. The highest BCUT2D eigenvalue weighted by molar-refractivity contribution is 7.98. The van der Waals surface area contributed by atoms with Gasteiger partial charge in [-0.1, -0.05) is 16.9 Å². The molecule has 1 aromatic carbocycles. The van der Waals surface area contributed by atoms with E-state index in [9.17, 15) is 0 Å². The van der Waals surface area contributed by atoms with Gasteiger partial charge in [-0.05, 0) is 36.4 Å². The summed E-state index contributed by atoms with van der Waals surface area (Å²) in [5.41, 5.74) is 0.846. The molecule has 0 spiro atoms. The Morgan fingerprint density at radius 2 is 2.00 bits per heavy atom. The minimum atomic E-state index is 0.331. The maximum atomic E-state index is 5.51. The molecule has 0 aliphatic heterocycles. The van der Waals surface area contributed by atoms with E-state index in [4.69, 9.17) is 18.1 Å². The molecule has 0 unspecified atom stereocenters. The lowest BCUT2D eigenvalue weighted by Crippen LogP contribution is -1.85. The van der Waals surface area contributed by atoms with Crippen molar-refractivity contribution >= 4 is 11.8 Å². The predicted octanol–water partition coefficient (Wildman–Crippen LogP) is 3.68. The van der Waals surface area contributed by atoms with Gasteiger partial charge in [0.15, 0.2) is 5.76 Å². The van der Waals surface area contributed by atoms with E-state index in [1.807, 2.05) is 24.3 Å². The fourth-order valence-electron chi connectivity index (χ4n) is 2.06. The highest BCUT2D eigenvalue weighted by Gasteiger charge is 2.14. The predicted molar refractivity (Wildman–Crippen MR) is 87.8 cm³/mol. The topological polar surface area (TPSA) is 100 Å². The van der Waals surface area contributed by atoms with Crippen LogP contribution < -0.4 is 4.74 Å². The summed E-state index contributed by atoms with van der Waals surface area (Å²) in [6.07, 6.45) is 1.55. The Kier molecular flexibility index (Phi) is 4.21. The average molecular weight is 356 g/mol. The molecule has 0 N–H and O–H groups in total. The maximum absolute atomic E-state index is 5.51. The molecule has 0 aliphatic carbocycles. The number of hydrogen-bond acceptors (Lipinski definition) is 9. The summed E-state index contributed by atoms with van der Waals surface area (Å²) in [4.78, 5) is 4.36. The lowest BCUT2D eigenvalue weighted by molar-refractivity contribution is 0.390. The molecule has 0 aliphatic rings. The van der Waals surface area contributed by atoms with Crippen molar-refractivity contribution < 1.29 is 18.1 Å². The van der Waals surface area contributed by atoms with Gasteiger partial charge >= 0.3 is 0 Å². The van der Waals surface area contributed by atoms with E-state index in [-0.39, 0.29) is 0 Å². The molecule has 25 heavy (non-hydrogen) atoms. The maximum Gasteiger partial charge on any atom is 0.284 e. The van der Waals surface area contributed by atoms with Crippen molar-refractivity contribution in [1.29, 1.82) is 0 Å². The molecule has 0 fully saturated rings. The Balaban J connectivity index is 1.41. The summed E-state index contributed by atoms with van der Waals surface area (Å²) in [7, 11) is 1.62. The Bertz CT molecular complexity index is 947. The molecule has 0 amide bonds. The molecule has 0 radical (unpaired) electrons. The Hall–Kier alpha value is -3.07. The first kappa shape index (κ1) is 15.5. The van der Waals surface area contributed by atoms with Gasteiger partial charge in [0.2, 0.25) is 11.7 Å². The van der Waals surface area contributed by atoms with Crippen molar-refractivity contribution in [3.05, 3.63) is 48.6 Å². The summed E-state index contributed by atoms with van der Waals surface area (Å²) in [5.74, 6) is 3.03. The van der Waals surface area contributed by atoms with Crippen LogP contribution in [0.5, 0.6) is 5.75 Å². The fourth-order valence-corrected chi connectivity index (χ4v) is 2.66. The van der Waals surface area contributed by atoms with Crippen molar-refractivity contribution in [2.75, 3.05) is 7.11 Å². The first-order valence-electron chi connectivity index (χ1n) is 7.29. The molecule has 4 aromatic rings. The second-order valence-electron chi connectivity index (χ2n) is 4.88. The van der Waals surface area contributed by atoms with Crippen molar-refractivity contribution in [2.24, 2.45) is 0 Å². The van der Waals surface area contributed by atoms with Crippen LogP contribution in [0, 0.1) is 0 Å².